The maximum absolute atomic E-state index is 5.53. The van der Waals surface area contributed by atoms with Crippen molar-refractivity contribution in [3.05, 3.63) is 42.1 Å². The lowest BCUT2D eigenvalue weighted by atomic mass is 10.2. The van der Waals surface area contributed by atoms with E-state index in [4.69, 9.17) is 14.7 Å². The first-order valence-corrected chi connectivity index (χ1v) is 10.4. The van der Waals surface area contributed by atoms with Crippen LogP contribution in [0.4, 0.5) is 11.8 Å². The van der Waals surface area contributed by atoms with Crippen molar-refractivity contribution in [3.8, 4) is 0 Å². The van der Waals surface area contributed by atoms with Crippen molar-refractivity contribution >= 4 is 22.8 Å². The maximum Gasteiger partial charge on any atom is 0.229 e. The number of aryl methyl sites for hydroxylation is 1. The van der Waals surface area contributed by atoms with E-state index in [2.05, 4.69) is 45.2 Å². The molecule has 152 valence electrons. The lowest BCUT2D eigenvalue weighted by molar-refractivity contribution is -0.914. The van der Waals surface area contributed by atoms with Crippen molar-refractivity contribution in [2.75, 3.05) is 62.3 Å². The topological polar surface area (TPSA) is 63.8 Å². The number of hydrogen-bond donors (Lipinski definition) is 1. The van der Waals surface area contributed by atoms with Crippen LogP contribution in [0.25, 0.3) is 11.0 Å². The van der Waals surface area contributed by atoms with E-state index in [0.717, 1.165) is 81.8 Å². The Kier molecular flexibility index (Phi) is 5.03. The Hall–Kier alpha value is -2.71. The molecule has 0 atom stereocenters. The van der Waals surface area contributed by atoms with Crippen LogP contribution in [0.1, 0.15) is 5.56 Å². The third-order valence-electron chi connectivity index (χ3n) is 5.92. The summed E-state index contributed by atoms with van der Waals surface area (Å²) in [6.45, 7) is 8.39. The lowest BCUT2D eigenvalue weighted by Gasteiger charge is -2.33. The quantitative estimate of drug-likeness (QED) is 0.678. The standard InChI is InChI=1S/C21H27N7O/c1-25-19-18(15-22-25)20(27-11-13-29-14-12-27)24-21(23-19)28-9-7-26(8-10-28)16-17-5-3-2-4-6-17/h2-6,15H,7-14,16H2,1H3/p+1. The molecule has 0 amide bonds. The van der Waals surface area contributed by atoms with Gasteiger partial charge in [0, 0.05) is 25.7 Å². The van der Waals surface area contributed by atoms with Crippen LogP contribution in [0.3, 0.4) is 0 Å². The average Bonchev–Trinajstić information content (AvgIpc) is 3.16. The molecule has 29 heavy (non-hydrogen) atoms. The van der Waals surface area contributed by atoms with Crippen LogP contribution in [-0.4, -0.2) is 72.2 Å². The summed E-state index contributed by atoms with van der Waals surface area (Å²) in [6, 6.07) is 10.7. The SMILES string of the molecule is Cn1ncc2c(N3CCOCC3)nc(N3CC[NH+](Cc4ccccc4)CC3)nc21. The van der Waals surface area contributed by atoms with E-state index in [0.29, 0.717) is 0 Å². The van der Waals surface area contributed by atoms with Crippen LogP contribution in [0.15, 0.2) is 36.5 Å². The summed E-state index contributed by atoms with van der Waals surface area (Å²) in [5.41, 5.74) is 2.30. The highest BCUT2D eigenvalue weighted by molar-refractivity contribution is 5.88. The van der Waals surface area contributed by atoms with Gasteiger partial charge in [-0.25, -0.2) is 0 Å². The van der Waals surface area contributed by atoms with Crippen molar-refractivity contribution in [3.63, 3.8) is 0 Å². The van der Waals surface area contributed by atoms with Crippen molar-refractivity contribution in [1.82, 2.24) is 19.7 Å². The van der Waals surface area contributed by atoms with E-state index in [1.165, 1.54) is 5.56 Å². The predicted octanol–water partition coefficient (Wildman–Crippen LogP) is 0.105. The number of fused-ring (bicyclic) bond motifs is 1. The zero-order chi connectivity index (χ0) is 19.6. The first-order chi connectivity index (χ1) is 14.3. The van der Waals surface area contributed by atoms with Gasteiger partial charge in [-0.15, -0.1) is 0 Å². The Morgan fingerprint density at radius 1 is 0.966 bits per heavy atom. The molecular weight excluding hydrogens is 366 g/mol. The molecule has 2 fully saturated rings. The summed E-state index contributed by atoms with van der Waals surface area (Å²) in [6.07, 6.45) is 1.88. The van der Waals surface area contributed by atoms with Crippen molar-refractivity contribution in [2.45, 2.75) is 6.54 Å². The second-order valence-electron chi connectivity index (χ2n) is 7.85. The zero-order valence-electron chi connectivity index (χ0n) is 16.9. The van der Waals surface area contributed by atoms with Gasteiger partial charge < -0.3 is 19.4 Å². The Bertz CT molecular complexity index is 960. The van der Waals surface area contributed by atoms with Crippen molar-refractivity contribution in [2.24, 2.45) is 7.05 Å². The van der Waals surface area contributed by atoms with Gasteiger partial charge in [-0.1, -0.05) is 30.3 Å². The number of rotatable bonds is 4. The number of nitrogens with zero attached hydrogens (tertiary/aromatic N) is 6. The molecule has 2 saturated heterocycles. The van der Waals surface area contributed by atoms with Crippen LogP contribution >= 0.6 is 0 Å². The van der Waals surface area contributed by atoms with Crippen molar-refractivity contribution in [1.29, 1.82) is 0 Å². The number of piperazine rings is 1. The van der Waals surface area contributed by atoms with Gasteiger partial charge in [-0.3, -0.25) is 4.68 Å². The molecule has 1 N–H and O–H groups in total. The largest absolute Gasteiger partial charge is 0.378 e. The molecule has 8 nitrogen and oxygen atoms in total. The van der Waals surface area contributed by atoms with Gasteiger partial charge >= 0.3 is 0 Å². The fraction of sp³-hybridized carbons (Fsp3) is 0.476. The highest BCUT2D eigenvalue weighted by atomic mass is 16.5. The van der Waals surface area contributed by atoms with E-state index >= 15 is 0 Å². The first-order valence-electron chi connectivity index (χ1n) is 10.4. The lowest BCUT2D eigenvalue weighted by Crippen LogP contribution is -3.13. The van der Waals surface area contributed by atoms with E-state index in [1.807, 2.05) is 17.9 Å². The summed E-state index contributed by atoms with van der Waals surface area (Å²) in [5, 5.41) is 5.45. The van der Waals surface area contributed by atoms with Gasteiger partial charge in [-0.2, -0.15) is 15.1 Å². The number of anilines is 2. The van der Waals surface area contributed by atoms with Crippen molar-refractivity contribution < 1.29 is 9.64 Å². The van der Waals surface area contributed by atoms with Gasteiger partial charge in [0.1, 0.15) is 12.4 Å². The molecule has 0 saturated carbocycles. The van der Waals surface area contributed by atoms with Crippen LogP contribution in [0.5, 0.6) is 0 Å². The number of hydrogen-bond acceptors (Lipinski definition) is 6. The van der Waals surface area contributed by atoms with Gasteiger partial charge in [0.25, 0.3) is 0 Å². The number of morpholine rings is 1. The van der Waals surface area contributed by atoms with E-state index < -0.39 is 0 Å². The normalized spacial score (nSPS) is 18.5. The van der Waals surface area contributed by atoms with E-state index in [1.54, 1.807) is 4.90 Å². The van der Waals surface area contributed by atoms with Crippen LogP contribution < -0.4 is 14.7 Å². The van der Waals surface area contributed by atoms with Gasteiger partial charge in [0.15, 0.2) is 5.65 Å². The molecule has 2 aliphatic rings. The van der Waals surface area contributed by atoms with Crippen LogP contribution in [0.2, 0.25) is 0 Å². The highest BCUT2D eigenvalue weighted by Crippen LogP contribution is 2.27. The molecule has 3 aromatic rings. The number of nitrogens with one attached hydrogen (secondary N) is 1. The Morgan fingerprint density at radius 2 is 1.72 bits per heavy atom. The minimum absolute atomic E-state index is 0.739. The molecule has 8 heteroatoms. The summed E-state index contributed by atoms with van der Waals surface area (Å²) >= 11 is 0. The molecule has 4 heterocycles. The Morgan fingerprint density at radius 3 is 2.48 bits per heavy atom. The first kappa shape index (κ1) is 18.3. The number of ether oxygens (including phenoxy) is 1. The third kappa shape index (κ3) is 3.77. The second kappa shape index (κ2) is 7.96. The molecule has 0 unspecified atom stereocenters. The van der Waals surface area contributed by atoms with E-state index in [9.17, 15) is 0 Å². The molecule has 0 aliphatic carbocycles. The summed E-state index contributed by atoms with van der Waals surface area (Å²) in [4.78, 5) is 16.1. The molecular formula is C21H28N7O+. The van der Waals surface area contributed by atoms with Crippen LogP contribution in [-0.2, 0) is 18.3 Å². The Labute approximate surface area is 170 Å². The predicted molar refractivity (Wildman–Crippen MR) is 112 cm³/mol. The average molecular weight is 395 g/mol. The fourth-order valence-corrected chi connectivity index (χ4v) is 4.24. The van der Waals surface area contributed by atoms with Gasteiger partial charge in [-0.05, 0) is 0 Å². The number of quaternary nitrogens is 1. The number of benzene rings is 1. The molecule has 0 radical (unpaired) electrons. The molecule has 0 bridgehead atoms. The van der Waals surface area contributed by atoms with E-state index in [-0.39, 0.29) is 0 Å². The smallest absolute Gasteiger partial charge is 0.229 e. The third-order valence-corrected chi connectivity index (χ3v) is 5.92. The minimum Gasteiger partial charge on any atom is -0.378 e. The van der Waals surface area contributed by atoms with Gasteiger partial charge in [0.2, 0.25) is 5.95 Å². The molecule has 2 aliphatic heterocycles. The Balaban J connectivity index is 1.36. The molecule has 1 aromatic carbocycles. The fourth-order valence-electron chi connectivity index (χ4n) is 4.24. The minimum atomic E-state index is 0.739. The summed E-state index contributed by atoms with van der Waals surface area (Å²) in [5.74, 6) is 1.81. The molecule has 2 aromatic heterocycles. The van der Waals surface area contributed by atoms with Crippen LogP contribution in [0, 0.1) is 0 Å². The monoisotopic (exact) mass is 394 g/mol. The number of aromatic nitrogens is 4. The molecule has 5 rings (SSSR count). The second-order valence-corrected chi connectivity index (χ2v) is 7.85. The highest BCUT2D eigenvalue weighted by Gasteiger charge is 2.25. The zero-order valence-corrected chi connectivity index (χ0v) is 16.9. The summed E-state index contributed by atoms with van der Waals surface area (Å²) in [7, 11) is 1.95. The van der Waals surface area contributed by atoms with Gasteiger partial charge in [0.05, 0.1) is 51.0 Å². The maximum atomic E-state index is 5.53. The summed E-state index contributed by atoms with van der Waals surface area (Å²) < 4.78 is 7.38. The molecule has 0 spiro atoms.